The molecule has 6 nitrogen and oxygen atoms in total. The molecule has 1 aliphatic heterocycles. The van der Waals surface area contributed by atoms with E-state index < -0.39 is 5.97 Å². The Balaban J connectivity index is 2.18. The van der Waals surface area contributed by atoms with Crippen molar-refractivity contribution in [2.24, 2.45) is 0 Å². The Labute approximate surface area is 117 Å². The molecule has 0 saturated carbocycles. The van der Waals surface area contributed by atoms with Crippen molar-refractivity contribution in [1.29, 1.82) is 0 Å². The van der Waals surface area contributed by atoms with Crippen LogP contribution in [-0.2, 0) is 9.59 Å². The van der Waals surface area contributed by atoms with Crippen molar-refractivity contribution in [2.45, 2.75) is 6.92 Å². The van der Waals surface area contributed by atoms with Gasteiger partial charge in [0.1, 0.15) is 5.82 Å². The summed E-state index contributed by atoms with van der Waals surface area (Å²) in [6, 6.07) is 1.87. The Kier molecular flexibility index (Phi) is 4.02. The number of rotatable bonds is 3. The molecule has 2 rings (SSSR count). The number of carbonyl (C=O) groups excluding carboxylic acids is 1. The molecule has 2 heterocycles. The van der Waals surface area contributed by atoms with E-state index in [0.29, 0.717) is 13.1 Å². The van der Waals surface area contributed by atoms with E-state index in [4.69, 9.17) is 5.11 Å². The minimum atomic E-state index is -0.989. The van der Waals surface area contributed by atoms with Gasteiger partial charge in [-0.15, -0.1) is 0 Å². The number of piperazine rings is 1. The lowest BCUT2D eigenvalue weighted by Gasteiger charge is -2.33. The van der Waals surface area contributed by atoms with E-state index in [-0.39, 0.29) is 5.91 Å². The van der Waals surface area contributed by atoms with Crippen molar-refractivity contribution in [2.75, 3.05) is 31.6 Å². The van der Waals surface area contributed by atoms with Crippen LogP contribution in [0.2, 0.25) is 0 Å². The first-order chi connectivity index (χ1) is 9.47. The molecule has 1 aromatic heterocycles. The van der Waals surface area contributed by atoms with Gasteiger partial charge >= 0.3 is 5.97 Å². The second kappa shape index (κ2) is 5.73. The van der Waals surface area contributed by atoms with Crippen LogP contribution in [0.5, 0.6) is 0 Å². The van der Waals surface area contributed by atoms with Crippen molar-refractivity contribution >= 4 is 23.8 Å². The number of aliphatic carboxylic acids is 1. The molecule has 106 valence electrons. The van der Waals surface area contributed by atoms with Gasteiger partial charge < -0.3 is 14.9 Å². The Bertz CT molecular complexity index is 569. The van der Waals surface area contributed by atoms with Crippen molar-refractivity contribution in [3.8, 4) is 0 Å². The zero-order chi connectivity index (χ0) is 14.7. The first-order valence-electron chi connectivity index (χ1n) is 6.34. The Morgan fingerprint density at radius 1 is 1.45 bits per heavy atom. The number of amides is 1. The highest BCUT2D eigenvalue weighted by Gasteiger charge is 2.22. The van der Waals surface area contributed by atoms with Crippen LogP contribution in [0.25, 0.3) is 6.08 Å². The monoisotopic (exact) mass is 275 g/mol. The van der Waals surface area contributed by atoms with E-state index >= 15 is 0 Å². The Morgan fingerprint density at radius 2 is 2.20 bits per heavy atom. The second-order valence-electron chi connectivity index (χ2n) is 4.82. The van der Waals surface area contributed by atoms with E-state index in [2.05, 4.69) is 4.98 Å². The minimum Gasteiger partial charge on any atom is -0.478 e. The fourth-order valence-electron chi connectivity index (χ4n) is 2.12. The molecule has 1 saturated heterocycles. The summed E-state index contributed by atoms with van der Waals surface area (Å²) in [5.74, 6) is -0.136. The SMILES string of the molecule is Cc1cc(/C=C/C(=O)O)cnc1N1CCN(C)C(=O)C1. The summed E-state index contributed by atoms with van der Waals surface area (Å²) in [6.07, 6.45) is 4.20. The number of aromatic nitrogens is 1. The van der Waals surface area contributed by atoms with Gasteiger partial charge in [-0.05, 0) is 30.2 Å². The summed E-state index contributed by atoms with van der Waals surface area (Å²) in [6.45, 7) is 3.67. The van der Waals surface area contributed by atoms with Crippen LogP contribution >= 0.6 is 0 Å². The topological polar surface area (TPSA) is 73.7 Å². The first kappa shape index (κ1) is 14.0. The van der Waals surface area contributed by atoms with Gasteiger partial charge in [0.2, 0.25) is 5.91 Å². The molecule has 1 fully saturated rings. The molecule has 6 heteroatoms. The number of carboxylic acid groups (broad SMARTS) is 1. The average molecular weight is 275 g/mol. The molecule has 0 aromatic carbocycles. The standard InChI is InChI=1S/C14H17N3O3/c1-10-7-11(3-4-13(19)20)8-15-14(10)17-6-5-16(2)12(18)9-17/h3-4,7-8H,5-6,9H2,1-2H3,(H,19,20)/b4-3+. The predicted molar refractivity (Wildman–Crippen MR) is 75.5 cm³/mol. The highest BCUT2D eigenvalue weighted by Crippen LogP contribution is 2.20. The summed E-state index contributed by atoms with van der Waals surface area (Å²) in [4.78, 5) is 30.2. The second-order valence-corrected chi connectivity index (χ2v) is 4.82. The molecule has 0 spiro atoms. The number of hydrogen-bond donors (Lipinski definition) is 1. The maximum Gasteiger partial charge on any atom is 0.328 e. The molecule has 0 unspecified atom stereocenters. The lowest BCUT2D eigenvalue weighted by atomic mass is 10.1. The van der Waals surface area contributed by atoms with Crippen molar-refractivity contribution in [1.82, 2.24) is 9.88 Å². The van der Waals surface area contributed by atoms with E-state index in [1.165, 1.54) is 6.08 Å². The Hall–Kier alpha value is -2.37. The summed E-state index contributed by atoms with van der Waals surface area (Å²) in [5, 5.41) is 8.60. The van der Waals surface area contributed by atoms with Crippen LogP contribution in [0.1, 0.15) is 11.1 Å². The van der Waals surface area contributed by atoms with Gasteiger partial charge in [0.05, 0.1) is 6.54 Å². The molecule has 1 aliphatic rings. The third-order valence-electron chi connectivity index (χ3n) is 3.25. The number of pyridine rings is 1. The predicted octanol–water partition coefficient (Wildman–Crippen LogP) is 0.766. The number of hydrogen-bond acceptors (Lipinski definition) is 4. The normalized spacial score (nSPS) is 16.0. The summed E-state index contributed by atoms with van der Waals surface area (Å²) >= 11 is 0. The van der Waals surface area contributed by atoms with Crippen LogP contribution < -0.4 is 4.90 Å². The minimum absolute atomic E-state index is 0.0762. The lowest BCUT2D eigenvalue weighted by Crippen LogP contribution is -2.49. The van der Waals surface area contributed by atoms with E-state index in [1.54, 1.807) is 18.1 Å². The number of carbonyl (C=O) groups is 2. The first-order valence-corrected chi connectivity index (χ1v) is 6.34. The van der Waals surface area contributed by atoms with E-state index in [1.807, 2.05) is 17.9 Å². The van der Waals surface area contributed by atoms with Gasteiger partial charge in [-0.1, -0.05) is 0 Å². The van der Waals surface area contributed by atoms with Crippen LogP contribution in [0, 0.1) is 6.92 Å². The van der Waals surface area contributed by atoms with Crippen molar-refractivity contribution in [3.63, 3.8) is 0 Å². The van der Waals surface area contributed by atoms with Crippen LogP contribution in [0.4, 0.5) is 5.82 Å². The molecule has 20 heavy (non-hydrogen) atoms. The van der Waals surface area contributed by atoms with E-state index in [0.717, 1.165) is 29.6 Å². The van der Waals surface area contributed by atoms with Gasteiger partial charge in [0, 0.05) is 32.4 Å². The highest BCUT2D eigenvalue weighted by molar-refractivity contribution is 5.85. The molecule has 1 N–H and O–H groups in total. The number of anilines is 1. The van der Waals surface area contributed by atoms with Crippen LogP contribution in [-0.4, -0.2) is 53.5 Å². The fourth-order valence-corrected chi connectivity index (χ4v) is 2.12. The Morgan fingerprint density at radius 3 is 2.80 bits per heavy atom. The molecule has 0 aliphatic carbocycles. The van der Waals surface area contributed by atoms with Gasteiger partial charge in [-0.25, -0.2) is 9.78 Å². The van der Waals surface area contributed by atoms with Gasteiger partial charge in [-0.2, -0.15) is 0 Å². The molecular weight excluding hydrogens is 258 g/mol. The van der Waals surface area contributed by atoms with Crippen LogP contribution in [0.15, 0.2) is 18.3 Å². The van der Waals surface area contributed by atoms with Gasteiger partial charge in [0.15, 0.2) is 0 Å². The zero-order valence-electron chi connectivity index (χ0n) is 11.5. The zero-order valence-corrected chi connectivity index (χ0v) is 11.5. The summed E-state index contributed by atoms with van der Waals surface area (Å²) < 4.78 is 0. The smallest absolute Gasteiger partial charge is 0.328 e. The van der Waals surface area contributed by atoms with Crippen LogP contribution in [0.3, 0.4) is 0 Å². The molecule has 0 atom stereocenters. The average Bonchev–Trinajstić information content (AvgIpc) is 2.40. The van der Waals surface area contributed by atoms with Gasteiger partial charge in [-0.3, -0.25) is 4.79 Å². The molecule has 0 radical (unpaired) electrons. The maximum atomic E-state index is 11.7. The molecule has 1 aromatic rings. The fraction of sp³-hybridized carbons (Fsp3) is 0.357. The number of likely N-dealkylation sites (N-methyl/N-ethyl adjacent to an activating group) is 1. The number of nitrogens with zero attached hydrogens (tertiary/aromatic N) is 3. The molecule has 1 amide bonds. The summed E-state index contributed by atoms with van der Waals surface area (Å²) in [5.41, 5.74) is 1.66. The third kappa shape index (κ3) is 3.14. The van der Waals surface area contributed by atoms with Crippen molar-refractivity contribution < 1.29 is 14.7 Å². The molecular formula is C14H17N3O3. The highest BCUT2D eigenvalue weighted by atomic mass is 16.4. The number of aryl methyl sites for hydroxylation is 1. The van der Waals surface area contributed by atoms with E-state index in [9.17, 15) is 9.59 Å². The quantitative estimate of drug-likeness (QED) is 0.825. The third-order valence-corrected chi connectivity index (χ3v) is 3.25. The van der Waals surface area contributed by atoms with Gasteiger partial charge in [0.25, 0.3) is 0 Å². The number of carboxylic acids is 1. The molecule has 0 bridgehead atoms. The maximum absolute atomic E-state index is 11.7. The summed E-state index contributed by atoms with van der Waals surface area (Å²) in [7, 11) is 1.79. The van der Waals surface area contributed by atoms with Crippen molar-refractivity contribution in [3.05, 3.63) is 29.5 Å². The largest absolute Gasteiger partial charge is 0.478 e. The lowest BCUT2D eigenvalue weighted by molar-refractivity contribution is -0.131.